The van der Waals surface area contributed by atoms with Crippen molar-refractivity contribution in [3.8, 4) is 0 Å². The molecule has 1 atom stereocenters. The molecule has 110 valence electrons. The minimum absolute atomic E-state index is 0.102. The summed E-state index contributed by atoms with van der Waals surface area (Å²) in [5.74, 6) is 0.0188. The molecule has 0 heterocycles. The number of carbonyl (C=O) groups excluding carboxylic acids is 1. The van der Waals surface area contributed by atoms with E-state index in [1.165, 1.54) is 0 Å². The Labute approximate surface area is 133 Å². The molecule has 0 bridgehead atoms. The lowest BCUT2D eigenvalue weighted by molar-refractivity contribution is 0.103. The van der Waals surface area contributed by atoms with Crippen molar-refractivity contribution in [1.29, 1.82) is 0 Å². The first-order chi connectivity index (χ1) is 10.1. The summed E-state index contributed by atoms with van der Waals surface area (Å²) in [5.41, 5.74) is 1.69. The predicted molar refractivity (Wildman–Crippen MR) is 86.5 cm³/mol. The van der Waals surface area contributed by atoms with Gasteiger partial charge in [-0.1, -0.05) is 41.9 Å². The molecule has 2 aromatic carbocycles. The smallest absolute Gasteiger partial charge is 0.195 e. The summed E-state index contributed by atoms with van der Waals surface area (Å²) in [6.07, 6.45) is -0.690. The van der Waals surface area contributed by atoms with E-state index < -0.39 is 6.10 Å². The largest absolute Gasteiger partial charge is 0.390 e. The first kappa shape index (κ1) is 15.8. The quantitative estimate of drug-likeness (QED) is 0.631. The van der Waals surface area contributed by atoms with Gasteiger partial charge in [0.2, 0.25) is 0 Å². The Balaban J connectivity index is 2.28. The maximum Gasteiger partial charge on any atom is 0.195 e. The molecule has 3 nitrogen and oxygen atoms in total. The van der Waals surface area contributed by atoms with Crippen molar-refractivity contribution in [3.63, 3.8) is 0 Å². The lowest BCUT2D eigenvalue weighted by Gasteiger charge is -2.14. The van der Waals surface area contributed by atoms with Crippen LogP contribution in [0, 0.1) is 0 Å². The lowest BCUT2D eigenvalue weighted by atomic mass is 10.0. The van der Waals surface area contributed by atoms with Gasteiger partial charge in [0, 0.05) is 28.4 Å². The van der Waals surface area contributed by atoms with Crippen LogP contribution in [-0.2, 0) is 0 Å². The molecule has 0 aromatic heterocycles. The summed E-state index contributed by atoms with van der Waals surface area (Å²) in [5, 5.41) is 13.1. The summed E-state index contributed by atoms with van der Waals surface area (Å²) in [6.45, 7) is 0.249. The standard InChI is InChI=1S/C16H15Cl2NO2/c17-9-13(20)10-19-15-8-12(18)6-7-14(15)16(21)11-4-2-1-3-5-11/h1-8,13,19-20H,9-10H2. The molecule has 0 saturated heterocycles. The van der Waals surface area contributed by atoms with Gasteiger partial charge in [-0.15, -0.1) is 11.6 Å². The van der Waals surface area contributed by atoms with Crippen molar-refractivity contribution in [3.05, 3.63) is 64.7 Å². The normalized spacial score (nSPS) is 12.0. The average molecular weight is 324 g/mol. The fourth-order valence-corrected chi connectivity index (χ4v) is 2.17. The van der Waals surface area contributed by atoms with Gasteiger partial charge in [0.25, 0.3) is 0 Å². The van der Waals surface area contributed by atoms with Gasteiger partial charge in [0.05, 0.1) is 12.0 Å². The number of ketones is 1. The number of benzene rings is 2. The Hall–Kier alpha value is -1.55. The van der Waals surface area contributed by atoms with E-state index in [-0.39, 0.29) is 18.2 Å². The van der Waals surface area contributed by atoms with Gasteiger partial charge in [0.15, 0.2) is 5.78 Å². The van der Waals surface area contributed by atoms with E-state index in [2.05, 4.69) is 5.32 Å². The second-order valence-electron chi connectivity index (χ2n) is 4.57. The van der Waals surface area contributed by atoms with Crippen LogP contribution in [0.15, 0.2) is 48.5 Å². The minimum atomic E-state index is -0.690. The van der Waals surface area contributed by atoms with Crippen LogP contribution in [0.2, 0.25) is 5.02 Å². The van der Waals surface area contributed by atoms with Crippen LogP contribution in [0.1, 0.15) is 15.9 Å². The number of anilines is 1. The van der Waals surface area contributed by atoms with E-state index in [1.807, 2.05) is 18.2 Å². The second-order valence-corrected chi connectivity index (χ2v) is 5.32. The molecule has 0 fully saturated rings. The van der Waals surface area contributed by atoms with Gasteiger partial charge in [-0.3, -0.25) is 4.79 Å². The maximum absolute atomic E-state index is 12.5. The van der Waals surface area contributed by atoms with Gasteiger partial charge in [0.1, 0.15) is 0 Å². The molecule has 2 N–H and O–H groups in total. The molecule has 0 aliphatic heterocycles. The summed E-state index contributed by atoms with van der Waals surface area (Å²) < 4.78 is 0. The highest BCUT2D eigenvalue weighted by molar-refractivity contribution is 6.31. The molecular weight excluding hydrogens is 309 g/mol. The summed E-state index contributed by atoms with van der Waals surface area (Å²) in [4.78, 5) is 12.5. The highest BCUT2D eigenvalue weighted by Crippen LogP contribution is 2.23. The van der Waals surface area contributed by atoms with Crippen LogP contribution >= 0.6 is 23.2 Å². The minimum Gasteiger partial charge on any atom is -0.390 e. The zero-order valence-corrected chi connectivity index (χ0v) is 12.7. The van der Waals surface area contributed by atoms with Crippen molar-refractivity contribution in [2.75, 3.05) is 17.7 Å². The molecule has 2 rings (SSSR count). The number of carbonyl (C=O) groups is 1. The number of hydrogen-bond donors (Lipinski definition) is 2. The van der Waals surface area contributed by atoms with Gasteiger partial charge in [-0.25, -0.2) is 0 Å². The zero-order chi connectivity index (χ0) is 15.2. The molecule has 0 aliphatic carbocycles. The number of rotatable bonds is 6. The van der Waals surface area contributed by atoms with Gasteiger partial charge in [-0.05, 0) is 18.2 Å². The highest BCUT2D eigenvalue weighted by atomic mass is 35.5. The lowest BCUT2D eigenvalue weighted by Crippen LogP contribution is -2.22. The van der Waals surface area contributed by atoms with Crippen molar-refractivity contribution in [2.24, 2.45) is 0 Å². The van der Waals surface area contributed by atoms with E-state index >= 15 is 0 Å². The Morgan fingerprint density at radius 2 is 1.90 bits per heavy atom. The maximum atomic E-state index is 12.5. The van der Waals surface area contributed by atoms with Crippen molar-refractivity contribution in [2.45, 2.75) is 6.10 Å². The van der Waals surface area contributed by atoms with Crippen LogP contribution < -0.4 is 5.32 Å². The van der Waals surface area contributed by atoms with E-state index in [4.69, 9.17) is 23.2 Å². The number of hydrogen-bond acceptors (Lipinski definition) is 3. The van der Waals surface area contributed by atoms with Crippen LogP contribution in [0.3, 0.4) is 0 Å². The first-order valence-corrected chi connectivity index (χ1v) is 7.40. The Morgan fingerprint density at radius 1 is 1.19 bits per heavy atom. The van der Waals surface area contributed by atoms with Gasteiger partial charge < -0.3 is 10.4 Å². The van der Waals surface area contributed by atoms with Crippen LogP contribution in [0.5, 0.6) is 0 Å². The van der Waals surface area contributed by atoms with E-state index in [0.29, 0.717) is 21.8 Å². The van der Waals surface area contributed by atoms with Crippen LogP contribution in [0.4, 0.5) is 5.69 Å². The number of aliphatic hydroxyl groups is 1. The first-order valence-electron chi connectivity index (χ1n) is 6.49. The van der Waals surface area contributed by atoms with E-state index in [0.717, 1.165) is 0 Å². The van der Waals surface area contributed by atoms with Crippen LogP contribution in [0.25, 0.3) is 0 Å². The predicted octanol–water partition coefficient (Wildman–Crippen LogP) is 3.58. The molecule has 0 saturated carbocycles. The number of aliphatic hydroxyl groups excluding tert-OH is 1. The molecule has 0 aliphatic rings. The van der Waals surface area contributed by atoms with Crippen molar-refractivity contribution < 1.29 is 9.90 Å². The van der Waals surface area contributed by atoms with Gasteiger partial charge in [-0.2, -0.15) is 0 Å². The Kier molecular flexibility index (Phi) is 5.62. The summed E-state index contributed by atoms with van der Waals surface area (Å²) >= 11 is 11.5. The number of nitrogens with one attached hydrogen (secondary N) is 1. The average Bonchev–Trinajstić information content (AvgIpc) is 2.53. The molecule has 0 amide bonds. The fraction of sp³-hybridized carbons (Fsp3) is 0.188. The van der Waals surface area contributed by atoms with Crippen molar-refractivity contribution >= 4 is 34.7 Å². The zero-order valence-electron chi connectivity index (χ0n) is 11.2. The third-order valence-electron chi connectivity index (χ3n) is 2.97. The Bertz CT molecular complexity index is 617. The van der Waals surface area contributed by atoms with E-state index in [9.17, 15) is 9.90 Å². The van der Waals surface area contributed by atoms with Crippen LogP contribution in [-0.4, -0.2) is 29.4 Å². The highest BCUT2D eigenvalue weighted by Gasteiger charge is 2.14. The van der Waals surface area contributed by atoms with E-state index in [1.54, 1.807) is 30.3 Å². The monoisotopic (exact) mass is 323 g/mol. The summed E-state index contributed by atoms with van der Waals surface area (Å²) in [6, 6.07) is 14.0. The molecule has 1 unspecified atom stereocenters. The van der Waals surface area contributed by atoms with Gasteiger partial charge >= 0.3 is 0 Å². The van der Waals surface area contributed by atoms with Crippen molar-refractivity contribution in [1.82, 2.24) is 0 Å². The molecule has 2 aromatic rings. The third kappa shape index (κ3) is 4.21. The molecule has 21 heavy (non-hydrogen) atoms. The second kappa shape index (κ2) is 7.46. The fourth-order valence-electron chi connectivity index (χ4n) is 1.89. The topological polar surface area (TPSA) is 49.3 Å². The molecule has 0 radical (unpaired) electrons. The SMILES string of the molecule is O=C(c1ccccc1)c1ccc(Cl)cc1NCC(O)CCl. The molecular formula is C16H15Cl2NO2. The summed E-state index contributed by atoms with van der Waals surface area (Å²) in [7, 11) is 0. The molecule has 0 spiro atoms. The number of halogens is 2. The third-order valence-corrected chi connectivity index (χ3v) is 3.56. The molecule has 5 heteroatoms. The number of alkyl halides is 1. The Morgan fingerprint density at radius 3 is 2.57 bits per heavy atom.